The monoisotopic (exact) mass is 284 g/mol. The summed E-state index contributed by atoms with van der Waals surface area (Å²) < 4.78 is 5.78. The third kappa shape index (κ3) is 2.65. The normalized spacial score (nSPS) is 11.2. The lowest BCUT2D eigenvalue weighted by atomic mass is 10.2. The van der Waals surface area contributed by atoms with Crippen molar-refractivity contribution in [3.05, 3.63) is 30.6 Å². The van der Waals surface area contributed by atoms with Crippen molar-refractivity contribution in [3.8, 4) is 0 Å². The van der Waals surface area contributed by atoms with E-state index in [4.69, 9.17) is 4.42 Å². The first-order valence-electron chi connectivity index (χ1n) is 6.80. The highest BCUT2D eigenvalue weighted by Crippen LogP contribution is 2.29. The van der Waals surface area contributed by atoms with Crippen molar-refractivity contribution in [2.45, 2.75) is 19.9 Å². The van der Waals surface area contributed by atoms with Crippen LogP contribution >= 0.6 is 0 Å². The molecule has 0 fully saturated rings. The number of para-hydroxylation sites is 1. The Morgan fingerprint density at radius 3 is 2.90 bits per heavy atom. The molecule has 3 rings (SSSR count). The molecule has 0 aliphatic rings. The molecular formula is C15H16N4O2. The van der Waals surface area contributed by atoms with Gasteiger partial charge in [-0.15, -0.1) is 0 Å². The highest BCUT2D eigenvalue weighted by Gasteiger charge is 2.13. The molecule has 2 aromatic heterocycles. The van der Waals surface area contributed by atoms with E-state index in [1.807, 2.05) is 38.1 Å². The number of hydrogen-bond donors (Lipinski definition) is 2. The van der Waals surface area contributed by atoms with Crippen molar-refractivity contribution >= 4 is 33.8 Å². The molecule has 6 heteroatoms. The smallest absolute Gasteiger partial charge is 0.239 e. The highest BCUT2D eigenvalue weighted by atomic mass is 16.3. The Balaban J connectivity index is 1.90. The Hall–Kier alpha value is -2.63. The first-order chi connectivity index (χ1) is 10.1. The van der Waals surface area contributed by atoms with Gasteiger partial charge in [-0.25, -0.2) is 9.97 Å². The second-order valence-corrected chi connectivity index (χ2v) is 5.07. The summed E-state index contributed by atoms with van der Waals surface area (Å²) in [6, 6.07) is 7.77. The van der Waals surface area contributed by atoms with Gasteiger partial charge in [0.05, 0.1) is 6.54 Å². The van der Waals surface area contributed by atoms with E-state index in [1.165, 1.54) is 6.33 Å². The van der Waals surface area contributed by atoms with E-state index in [9.17, 15) is 4.79 Å². The zero-order chi connectivity index (χ0) is 14.8. The lowest BCUT2D eigenvalue weighted by molar-refractivity contribution is -0.119. The first kappa shape index (κ1) is 13.4. The van der Waals surface area contributed by atoms with Crippen molar-refractivity contribution in [2.24, 2.45) is 0 Å². The van der Waals surface area contributed by atoms with Crippen LogP contribution in [0.4, 0.5) is 5.82 Å². The van der Waals surface area contributed by atoms with E-state index in [1.54, 1.807) is 0 Å². The number of carbonyl (C=O) groups is 1. The highest BCUT2D eigenvalue weighted by molar-refractivity contribution is 6.05. The number of nitrogens with one attached hydrogen (secondary N) is 2. The van der Waals surface area contributed by atoms with E-state index < -0.39 is 0 Å². The quantitative estimate of drug-likeness (QED) is 0.768. The zero-order valence-electron chi connectivity index (χ0n) is 11.9. The van der Waals surface area contributed by atoms with Gasteiger partial charge in [-0.2, -0.15) is 0 Å². The molecule has 0 aliphatic heterocycles. The van der Waals surface area contributed by atoms with Crippen LogP contribution in [0.25, 0.3) is 22.1 Å². The van der Waals surface area contributed by atoms with Crippen molar-refractivity contribution < 1.29 is 9.21 Å². The van der Waals surface area contributed by atoms with Crippen molar-refractivity contribution in [2.75, 3.05) is 11.9 Å². The first-order valence-corrected chi connectivity index (χ1v) is 6.80. The molecule has 0 unspecified atom stereocenters. The van der Waals surface area contributed by atoms with Crippen LogP contribution < -0.4 is 10.6 Å². The van der Waals surface area contributed by atoms with Crippen LogP contribution in [0.2, 0.25) is 0 Å². The minimum absolute atomic E-state index is 0.0899. The molecule has 3 aromatic rings. The third-order valence-electron chi connectivity index (χ3n) is 3.02. The number of furan rings is 1. The number of hydrogen-bond acceptors (Lipinski definition) is 5. The van der Waals surface area contributed by atoms with Gasteiger partial charge in [0, 0.05) is 11.4 Å². The summed E-state index contributed by atoms with van der Waals surface area (Å²) >= 11 is 0. The largest absolute Gasteiger partial charge is 0.450 e. The van der Waals surface area contributed by atoms with Crippen LogP contribution in [0.3, 0.4) is 0 Å². The molecule has 2 heterocycles. The number of amides is 1. The van der Waals surface area contributed by atoms with Gasteiger partial charge >= 0.3 is 0 Å². The van der Waals surface area contributed by atoms with Gasteiger partial charge in [-0.3, -0.25) is 4.79 Å². The molecule has 1 amide bonds. The maximum Gasteiger partial charge on any atom is 0.239 e. The van der Waals surface area contributed by atoms with Crippen molar-refractivity contribution in [1.29, 1.82) is 0 Å². The molecule has 0 saturated heterocycles. The molecule has 0 bridgehead atoms. The van der Waals surface area contributed by atoms with Gasteiger partial charge in [-0.1, -0.05) is 12.1 Å². The minimum atomic E-state index is -0.0899. The maximum atomic E-state index is 11.7. The summed E-state index contributed by atoms with van der Waals surface area (Å²) in [6.45, 7) is 3.97. The number of benzene rings is 1. The standard InChI is InChI=1S/C15H16N4O2/c1-9(2)19-12(20)7-16-15-14-13(17-8-18-15)10-5-3-4-6-11(10)21-14/h3-6,8-9H,7H2,1-2H3,(H,19,20)(H,16,17,18). The lowest BCUT2D eigenvalue weighted by Crippen LogP contribution is -2.34. The fourth-order valence-electron chi connectivity index (χ4n) is 2.19. The van der Waals surface area contributed by atoms with Gasteiger partial charge < -0.3 is 15.1 Å². The molecule has 0 spiro atoms. The van der Waals surface area contributed by atoms with Crippen LogP contribution in [0.5, 0.6) is 0 Å². The summed E-state index contributed by atoms with van der Waals surface area (Å²) in [7, 11) is 0. The second-order valence-electron chi connectivity index (χ2n) is 5.07. The van der Waals surface area contributed by atoms with E-state index in [2.05, 4.69) is 20.6 Å². The molecular weight excluding hydrogens is 268 g/mol. The number of anilines is 1. The maximum absolute atomic E-state index is 11.7. The SMILES string of the molecule is CC(C)NC(=O)CNc1ncnc2c1oc1ccccc12. The topological polar surface area (TPSA) is 80.0 Å². The summed E-state index contributed by atoms with van der Waals surface area (Å²) in [5.41, 5.74) is 2.06. The Labute approximate surface area is 121 Å². The van der Waals surface area contributed by atoms with Crippen LogP contribution in [0.1, 0.15) is 13.8 Å². The van der Waals surface area contributed by atoms with Gasteiger partial charge in [0.15, 0.2) is 11.4 Å². The third-order valence-corrected chi connectivity index (χ3v) is 3.02. The predicted molar refractivity (Wildman–Crippen MR) is 81.1 cm³/mol. The molecule has 0 aliphatic carbocycles. The Morgan fingerprint density at radius 1 is 1.29 bits per heavy atom. The molecule has 0 saturated carbocycles. The van der Waals surface area contributed by atoms with Gasteiger partial charge in [0.1, 0.15) is 17.4 Å². The molecule has 6 nitrogen and oxygen atoms in total. The van der Waals surface area contributed by atoms with E-state index in [0.29, 0.717) is 11.4 Å². The Kier molecular flexibility index (Phi) is 3.43. The fraction of sp³-hybridized carbons (Fsp3) is 0.267. The van der Waals surface area contributed by atoms with Crippen LogP contribution in [0, 0.1) is 0 Å². The molecule has 2 N–H and O–H groups in total. The molecule has 21 heavy (non-hydrogen) atoms. The Bertz CT molecular complexity index is 795. The summed E-state index contributed by atoms with van der Waals surface area (Å²) in [5.74, 6) is 0.433. The number of fused-ring (bicyclic) bond motifs is 3. The average Bonchev–Trinajstić information content (AvgIpc) is 2.83. The number of carbonyl (C=O) groups excluding carboxylic acids is 1. The number of nitrogens with zero attached hydrogens (tertiary/aromatic N) is 2. The minimum Gasteiger partial charge on any atom is -0.450 e. The summed E-state index contributed by atoms with van der Waals surface area (Å²) in [5, 5.41) is 6.74. The molecule has 108 valence electrons. The summed E-state index contributed by atoms with van der Waals surface area (Å²) in [6.07, 6.45) is 1.47. The zero-order valence-corrected chi connectivity index (χ0v) is 11.9. The van der Waals surface area contributed by atoms with E-state index >= 15 is 0 Å². The van der Waals surface area contributed by atoms with Gasteiger partial charge in [-0.05, 0) is 26.0 Å². The fourth-order valence-corrected chi connectivity index (χ4v) is 2.19. The molecule has 0 radical (unpaired) electrons. The number of rotatable bonds is 4. The van der Waals surface area contributed by atoms with E-state index in [-0.39, 0.29) is 18.5 Å². The molecule has 1 aromatic carbocycles. The average molecular weight is 284 g/mol. The van der Waals surface area contributed by atoms with Gasteiger partial charge in [0.25, 0.3) is 0 Å². The Morgan fingerprint density at radius 2 is 2.10 bits per heavy atom. The van der Waals surface area contributed by atoms with Crippen LogP contribution in [0.15, 0.2) is 35.0 Å². The number of aromatic nitrogens is 2. The van der Waals surface area contributed by atoms with Crippen molar-refractivity contribution in [3.63, 3.8) is 0 Å². The van der Waals surface area contributed by atoms with E-state index in [0.717, 1.165) is 16.5 Å². The van der Waals surface area contributed by atoms with Crippen LogP contribution in [-0.4, -0.2) is 28.5 Å². The van der Waals surface area contributed by atoms with Crippen LogP contribution in [-0.2, 0) is 4.79 Å². The second kappa shape index (κ2) is 5.40. The summed E-state index contributed by atoms with van der Waals surface area (Å²) in [4.78, 5) is 20.1. The van der Waals surface area contributed by atoms with Gasteiger partial charge in [0.2, 0.25) is 5.91 Å². The van der Waals surface area contributed by atoms with Crippen molar-refractivity contribution in [1.82, 2.24) is 15.3 Å². The lowest BCUT2D eigenvalue weighted by Gasteiger charge is -2.09. The molecule has 0 atom stereocenters. The predicted octanol–water partition coefficient (Wildman–Crippen LogP) is 2.31.